The molecule has 0 radical (unpaired) electrons. The van der Waals surface area contributed by atoms with Gasteiger partial charge in [-0.1, -0.05) is 20.8 Å². The summed E-state index contributed by atoms with van der Waals surface area (Å²) in [5.41, 5.74) is 0. The van der Waals surface area contributed by atoms with Gasteiger partial charge in [0.1, 0.15) is 5.82 Å². The molecule has 7 heteroatoms. The lowest BCUT2D eigenvalue weighted by molar-refractivity contribution is 0.546. The summed E-state index contributed by atoms with van der Waals surface area (Å²) in [5.74, 6) is 0.771. The second-order valence-electron chi connectivity index (χ2n) is 3.58. The summed E-state index contributed by atoms with van der Waals surface area (Å²) in [6.07, 6.45) is 0.803. The number of aromatic nitrogens is 3. The minimum atomic E-state index is -3.81. The number of hydrogen-bond donors (Lipinski definition) is 0. The third kappa shape index (κ3) is 2.69. The van der Waals surface area contributed by atoms with Crippen molar-refractivity contribution < 1.29 is 8.42 Å². The summed E-state index contributed by atoms with van der Waals surface area (Å²) in [5, 5.41) is 7.31. The molecule has 0 aromatic carbocycles. The van der Waals surface area contributed by atoms with E-state index in [-0.39, 0.29) is 11.1 Å². The Bertz CT molecular complexity index is 439. The van der Waals surface area contributed by atoms with Gasteiger partial charge in [0.2, 0.25) is 0 Å². The zero-order valence-corrected chi connectivity index (χ0v) is 10.5. The third-order valence-corrected chi connectivity index (χ3v) is 3.08. The third-order valence-electron chi connectivity index (χ3n) is 1.93. The van der Waals surface area contributed by atoms with E-state index in [9.17, 15) is 8.42 Å². The number of halogens is 1. The Morgan fingerprint density at radius 1 is 1.40 bits per heavy atom. The van der Waals surface area contributed by atoms with Gasteiger partial charge in [0.15, 0.2) is 0 Å². The Hall–Kier alpha value is -0.620. The van der Waals surface area contributed by atoms with Crippen LogP contribution in [-0.4, -0.2) is 23.2 Å². The normalized spacial score (nSPS) is 12.3. The monoisotopic (exact) mass is 251 g/mol. The first-order chi connectivity index (χ1) is 6.88. The maximum Gasteiger partial charge on any atom is 0.296 e. The lowest BCUT2D eigenvalue weighted by Crippen LogP contribution is -2.10. The van der Waals surface area contributed by atoms with Gasteiger partial charge < -0.3 is 4.57 Å². The van der Waals surface area contributed by atoms with Crippen LogP contribution in [0.2, 0.25) is 0 Å². The van der Waals surface area contributed by atoms with Crippen molar-refractivity contribution in [3.63, 3.8) is 0 Å². The van der Waals surface area contributed by atoms with Crippen LogP contribution in [0.25, 0.3) is 0 Å². The molecule has 0 aliphatic carbocycles. The van der Waals surface area contributed by atoms with Crippen LogP contribution in [0.15, 0.2) is 5.16 Å². The van der Waals surface area contributed by atoms with Crippen molar-refractivity contribution in [3.8, 4) is 0 Å². The smallest absolute Gasteiger partial charge is 0.296 e. The highest BCUT2D eigenvalue weighted by Gasteiger charge is 2.23. The molecule has 1 rings (SSSR count). The van der Waals surface area contributed by atoms with Crippen molar-refractivity contribution in [2.45, 2.75) is 44.8 Å². The first-order valence-corrected chi connectivity index (χ1v) is 7.06. The fourth-order valence-corrected chi connectivity index (χ4v) is 2.27. The number of hydrogen-bond acceptors (Lipinski definition) is 4. The average molecular weight is 252 g/mol. The van der Waals surface area contributed by atoms with Gasteiger partial charge in [-0.3, -0.25) is 0 Å². The van der Waals surface area contributed by atoms with E-state index in [4.69, 9.17) is 10.7 Å². The standard InChI is InChI=1S/C8H14ClN3O2S/c1-4-5-12-7(6(2)3)10-11-8(12)15(9,13)14/h6H,4-5H2,1-3H3. The molecule has 1 aromatic heterocycles. The molecule has 0 saturated carbocycles. The molecule has 0 unspecified atom stereocenters. The van der Waals surface area contributed by atoms with Gasteiger partial charge in [-0.2, -0.15) is 0 Å². The Balaban J connectivity index is 3.30. The van der Waals surface area contributed by atoms with E-state index in [1.807, 2.05) is 20.8 Å². The van der Waals surface area contributed by atoms with Crippen LogP contribution in [0.3, 0.4) is 0 Å². The highest BCUT2D eigenvalue weighted by molar-refractivity contribution is 8.13. The molecular weight excluding hydrogens is 238 g/mol. The summed E-state index contributed by atoms with van der Waals surface area (Å²) in [4.78, 5) is 0. The summed E-state index contributed by atoms with van der Waals surface area (Å²) in [6, 6.07) is 0. The van der Waals surface area contributed by atoms with E-state index >= 15 is 0 Å². The first kappa shape index (κ1) is 12.4. The van der Waals surface area contributed by atoms with Gasteiger partial charge in [0.05, 0.1) is 0 Å². The molecule has 0 fully saturated rings. The van der Waals surface area contributed by atoms with Crippen LogP contribution >= 0.6 is 10.7 Å². The van der Waals surface area contributed by atoms with Crippen LogP contribution in [-0.2, 0) is 15.6 Å². The Morgan fingerprint density at radius 3 is 2.40 bits per heavy atom. The van der Waals surface area contributed by atoms with Crippen LogP contribution in [0.4, 0.5) is 0 Å². The predicted molar refractivity (Wildman–Crippen MR) is 57.4 cm³/mol. The lowest BCUT2D eigenvalue weighted by atomic mass is 10.2. The second kappa shape index (κ2) is 4.49. The van der Waals surface area contributed by atoms with Gasteiger partial charge in [-0.05, 0) is 6.42 Å². The molecule has 86 valence electrons. The van der Waals surface area contributed by atoms with E-state index < -0.39 is 9.05 Å². The zero-order chi connectivity index (χ0) is 11.6. The van der Waals surface area contributed by atoms with Crippen molar-refractivity contribution >= 4 is 19.7 Å². The predicted octanol–water partition coefficient (Wildman–Crippen LogP) is 1.74. The number of nitrogens with zero attached hydrogens (tertiary/aromatic N) is 3. The van der Waals surface area contributed by atoms with E-state index in [1.165, 1.54) is 0 Å². The molecule has 1 aromatic rings. The molecule has 0 saturated heterocycles. The van der Waals surface area contributed by atoms with Crippen molar-refractivity contribution in [3.05, 3.63) is 5.82 Å². The number of rotatable bonds is 4. The molecule has 0 amide bonds. The minimum Gasteiger partial charge on any atom is -0.301 e. The maximum atomic E-state index is 11.2. The highest BCUT2D eigenvalue weighted by atomic mass is 35.7. The molecule has 15 heavy (non-hydrogen) atoms. The quantitative estimate of drug-likeness (QED) is 0.765. The van der Waals surface area contributed by atoms with Crippen molar-refractivity contribution in [1.29, 1.82) is 0 Å². The molecule has 1 heterocycles. The van der Waals surface area contributed by atoms with E-state index in [0.29, 0.717) is 12.4 Å². The first-order valence-electron chi connectivity index (χ1n) is 4.75. The van der Waals surface area contributed by atoms with Crippen LogP contribution < -0.4 is 0 Å². The molecule has 5 nitrogen and oxygen atoms in total. The lowest BCUT2D eigenvalue weighted by Gasteiger charge is -2.08. The SMILES string of the molecule is CCCn1c(C(C)C)nnc1S(=O)(=O)Cl. The Labute approximate surface area is 93.9 Å². The molecule has 0 bridgehead atoms. The summed E-state index contributed by atoms with van der Waals surface area (Å²) < 4.78 is 24.0. The molecule has 0 atom stereocenters. The average Bonchev–Trinajstić information content (AvgIpc) is 2.47. The summed E-state index contributed by atoms with van der Waals surface area (Å²) in [6.45, 7) is 6.37. The van der Waals surface area contributed by atoms with Gasteiger partial charge in [-0.25, -0.2) is 8.42 Å². The van der Waals surface area contributed by atoms with E-state index in [2.05, 4.69) is 10.2 Å². The maximum absolute atomic E-state index is 11.2. The van der Waals surface area contributed by atoms with Crippen molar-refractivity contribution in [2.24, 2.45) is 0 Å². The van der Waals surface area contributed by atoms with Crippen molar-refractivity contribution in [2.75, 3.05) is 0 Å². The van der Waals surface area contributed by atoms with Gasteiger partial charge in [0, 0.05) is 23.1 Å². The largest absolute Gasteiger partial charge is 0.301 e. The Morgan fingerprint density at radius 2 is 2.00 bits per heavy atom. The molecule has 0 N–H and O–H groups in total. The van der Waals surface area contributed by atoms with Crippen LogP contribution in [0.5, 0.6) is 0 Å². The molecule has 0 aliphatic rings. The fourth-order valence-electron chi connectivity index (χ4n) is 1.34. The summed E-state index contributed by atoms with van der Waals surface area (Å²) >= 11 is 0. The van der Waals surface area contributed by atoms with Gasteiger partial charge in [-0.15, -0.1) is 10.2 Å². The molecule has 0 spiro atoms. The van der Waals surface area contributed by atoms with E-state index in [1.54, 1.807) is 4.57 Å². The van der Waals surface area contributed by atoms with Gasteiger partial charge in [0.25, 0.3) is 14.2 Å². The van der Waals surface area contributed by atoms with E-state index in [0.717, 1.165) is 6.42 Å². The summed E-state index contributed by atoms with van der Waals surface area (Å²) in [7, 11) is 1.46. The minimum absolute atomic E-state index is 0.121. The van der Waals surface area contributed by atoms with Crippen LogP contribution in [0.1, 0.15) is 38.9 Å². The van der Waals surface area contributed by atoms with Gasteiger partial charge >= 0.3 is 0 Å². The fraction of sp³-hybridized carbons (Fsp3) is 0.750. The van der Waals surface area contributed by atoms with Crippen molar-refractivity contribution in [1.82, 2.24) is 14.8 Å². The second-order valence-corrected chi connectivity index (χ2v) is 6.04. The topological polar surface area (TPSA) is 64.8 Å². The zero-order valence-electron chi connectivity index (χ0n) is 8.94. The molecular formula is C8H14ClN3O2S. The van der Waals surface area contributed by atoms with Crippen LogP contribution in [0, 0.1) is 0 Å². The molecule has 0 aliphatic heterocycles. The highest BCUT2D eigenvalue weighted by Crippen LogP contribution is 2.19. The Kier molecular flexibility index (Phi) is 3.72.